The molecule has 138 valence electrons. The van der Waals surface area contributed by atoms with Gasteiger partial charge in [0.1, 0.15) is 5.60 Å². The lowest BCUT2D eigenvalue weighted by atomic mass is 10.1. The molecule has 0 saturated heterocycles. The first-order valence-electron chi connectivity index (χ1n) is 8.32. The minimum Gasteiger partial charge on any atom is -0.465 e. The van der Waals surface area contributed by atoms with Crippen molar-refractivity contribution in [2.24, 2.45) is 0 Å². The predicted octanol–water partition coefficient (Wildman–Crippen LogP) is 3.98. The quantitative estimate of drug-likeness (QED) is 0.786. The molecule has 25 heavy (non-hydrogen) atoms. The summed E-state index contributed by atoms with van der Waals surface area (Å²) in [6.07, 6.45) is 2.04. The van der Waals surface area contributed by atoms with Gasteiger partial charge in [-0.15, -0.1) is 0 Å². The van der Waals surface area contributed by atoms with Crippen molar-refractivity contribution in [3.8, 4) is 0 Å². The highest BCUT2D eigenvalue weighted by atomic mass is 35.5. The van der Waals surface area contributed by atoms with Gasteiger partial charge in [0, 0.05) is 17.1 Å². The summed E-state index contributed by atoms with van der Waals surface area (Å²) in [6, 6.07) is 5.17. The lowest BCUT2D eigenvalue weighted by Crippen LogP contribution is -2.38. The fraction of sp³-hybridized carbons (Fsp3) is 0.556. The van der Waals surface area contributed by atoms with E-state index in [0.717, 1.165) is 19.3 Å². The fourth-order valence-corrected chi connectivity index (χ4v) is 3.03. The summed E-state index contributed by atoms with van der Waals surface area (Å²) in [5.74, 6) is -0.416. The minimum atomic E-state index is -0.517. The SMILES string of the molecule is COC(=O)c1ccc(Cl)cc1NC1CCC(NC(=O)OC(C)(C)C)C1. The molecule has 1 aliphatic rings. The molecule has 1 aromatic rings. The van der Waals surface area contributed by atoms with E-state index < -0.39 is 17.7 Å². The van der Waals surface area contributed by atoms with Crippen molar-refractivity contribution in [1.82, 2.24) is 5.32 Å². The molecule has 0 spiro atoms. The summed E-state index contributed by atoms with van der Waals surface area (Å²) in [5.41, 5.74) is 0.564. The molecule has 1 saturated carbocycles. The van der Waals surface area contributed by atoms with Crippen molar-refractivity contribution in [2.45, 2.75) is 57.7 Å². The third-order valence-electron chi connectivity index (χ3n) is 3.90. The van der Waals surface area contributed by atoms with Crippen LogP contribution in [0.2, 0.25) is 5.02 Å². The summed E-state index contributed by atoms with van der Waals surface area (Å²) in [4.78, 5) is 23.8. The first-order chi connectivity index (χ1) is 11.7. The molecule has 2 rings (SSSR count). The zero-order chi connectivity index (χ0) is 18.6. The molecule has 2 N–H and O–H groups in total. The summed E-state index contributed by atoms with van der Waals surface area (Å²) in [5, 5.41) is 6.77. The highest BCUT2D eigenvalue weighted by molar-refractivity contribution is 6.31. The summed E-state index contributed by atoms with van der Waals surface area (Å²) in [7, 11) is 1.34. The van der Waals surface area contributed by atoms with E-state index in [1.807, 2.05) is 20.8 Å². The van der Waals surface area contributed by atoms with Gasteiger partial charge in [0.05, 0.1) is 18.4 Å². The Bertz CT molecular complexity index is 642. The average Bonchev–Trinajstić information content (AvgIpc) is 2.91. The molecule has 2 unspecified atom stereocenters. The Kier molecular flexibility index (Phi) is 6.16. The largest absolute Gasteiger partial charge is 0.465 e. The number of rotatable bonds is 4. The normalized spacial score (nSPS) is 20.0. The molecule has 1 fully saturated rings. The number of carbonyl (C=O) groups excluding carboxylic acids is 2. The molecule has 1 amide bonds. The van der Waals surface area contributed by atoms with Crippen LogP contribution in [0.5, 0.6) is 0 Å². The number of alkyl carbamates (subject to hydrolysis) is 1. The molecule has 0 heterocycles. The van der Waals surface area contributed by atoms with E-state index in [-0.39, 0.29) is 12.1 Å². The Morgan fingerprint density at radius 1 is 1.20 bits per heavy atom. The zero-order valence-electron chi connectivity index (χ0n) is 15.0. The van der Waals surface area contributed by atoms with Crippen LogP contribution in [0.4, 0.5) is 10.5 Å². The van der Waals surface area contributed by atoms with E-state index in [2.05, 4.69) is 10.6 Å². The monoisotopic (exact) mass is 368 g/mol. The number of nitrogens with one attached hydrogen (secondary N) is 2. The number of halogens is 1. The van der Waals surface area contributed by atoms with E-state index in [1.54, 1.807) is 18.2 Å². The Labute approximate surface area is 153 Å². The molecule has 7 heteroatoms. The maximum Gasteiger partial charge on any atom is 0.407 e. The Hall–Kier alpha value is -1.95. The third kappa shape index (κ3) is 5.81. The number of ether oxygens (including phenoxy) is 2. The second-order valence-electron chi connectivity index (χ2n) is 7.18. The molecule has 0 radical (unpaired) electrons. The fourth-order valence-electron chi connectivity index (χ4n) is 2.86. The second kappa shape index (κ2) is 7.95. The van der Waals surface area contributed by atoms with Crippen molar-refractivity contribution >= 4 is 29.4 Å². The number of anilines is 1. The van der Waals surface area contributed by atoms with E-state index in [4.69, 9.17) is 21.1 Å². The van der Waals surface area contributed by atoms with Gasteiger partial charge < -0.3 is 20.1 Å². The van der Waals surface area contributed by atoms with Crippen LogP contribution >= 0.6 is 11.6 Å². The molecule has 6 nitrogen and oxygen atoms in total. The number of hydrogen-bond acceptors (Lipinski definition) is 5. The van der Waals surface area contributed by atoms with Gasteiger partial charge in [-0.05, 0) is 58.2 Å². The van der Waals surface area contributed by atoms with E-state index in [0.29, 0.717) is 16.3 Å². The molecule has 0 bridgehead atoms. The van der Waals surface area contributed by atoms with Gasteiger partial charge in [0.15, 0.2) is 0 Å². The molecular weight excluding hydrogens is 344 g/mol. The Morgan fingerprint density at radius 2 is 1.88 bits per heavy atom. The first kappa shape index (κ1) is 19.4. The Morgan fingerprint density at radius 3 is 2.52 bits per heavy atom. The minimum absolute atomic E-state index is 0.0353. The smallest absolute Gasteiger partial charge is 0.407 e. The van der Waals surface area contributed by atoms with Crippen LogP contribution in [0.25, 0.3) is 0 Å². The number of amides is 1. The number of esters is 1. The van der Waals surface area contributed by atoms with Crippen molar-refractivity contribution in [2.75, 3.05) is 12.4 Å². The number of hydrogen-bond donors (Lipinski definition) is 2. The van der Waals surface area contributed by atoms with Crippen LogP contribution in [0.1, 0.15) is 50.4 Å². The van der Waals surface area contributed by atoms with Gasteiger partial charge in [0.2, 0.25) is 0 Å². The topological polar surface area (TPSA) is 76.7 Å². The van der Waals surface area contributed by atoms with Crippen LogP contribution in [-0.2, 0) is 9.47 Å². The summed E-state index contributed by atoms with van der Waals surface area (Å²) in [6.45, 7) is 5.50. The average molecular weight is 369 g/mol. The molecule has 0 aliphatic heterocycles. The summed E-state index contributed by atoms with van der Waals surface area (Å²) < 4.78 is 10.1. The van der Waals surface area contributed by atoms with Gasteiger partial charge in [-0.1, -0.05) is 11.6 Å². The van der Waals surface area contributed by atoms with Gasteiger partial charge in [0.25, 0.3) is 0 Å². The highest BCUT2D eigenvalue weighted by Crippen LogP contribution is 2.28. The number of carbonyl (C=O) groups is 2. The standard InChI is InChI=1S/C18H25ClN2O4/c1-18(2,3)25-17(23)21-13-7-6-12(10-13)20-15-9-11(19)5-8-14(15)16(22)24-4/h5,8-9,12-13,20H,6-7,10H2,1-4H3,(H,21,23). The molecule has 2 atom stereocenters. The van der Waals surface area contributed by atoms with Crippen LogP contribution in [-0.4, -0.2) is 36.9 Å². The molecular formula is C18H25ClN2O4. The van der Waals surface area contributed by atoms with Gasteiger partial charge in [-0.3, -0.25) is 0 Å². The molecule has 0 aromatic heterocycles. The number of benzene rings is 1. The highest BCUT2D eigenvalue weighted by Gasteiger charge is 2.28. The van der Waals surface area contributed by atoms with Crippen LogP contribution < -0.4 is 10.6 Å². The first-order valence-corrected chi connectivity index (χ1v) is 8.69. The molecule has 1 aromatic carbocycles. The van der Waals surface area contributed by atoms with Crippen molar-refractivity contribution < 1.29 is 19.1 Å². The zero-order valence-corrected chi connectivity index (χ0v) is 15.8. The van der Waals surface area contributed by atoms with Gasteiger partial charge in [-0.2, -0.15) is 0 Å². The van der Waals surface area contributed by atoms with Crippen molar-refractivity contribution in [3.05, 3.63) is 28.8 Å². The Balaban J connectivity index is 1.96. The van der Waals surface area contributed by atoms with E-state index in [1.165, 1.54) is 7.11 Å². The van der Waals surface area contributed by atoms with Gasteiger partial charge in [-0.25, -0.2) is 9.59 Å². The lowest BCUT2D eigenvalue weighted by molar-refractivity contribution is 0.0504. The van der Waals surface area contributed by atoms with Gasteiger partial charge >= 0.3 is 12.1 Å². The van der Waals surface area contributed by atoms with Crippen molar-refractivity contribution in [3.63, 3.8) is 0 Å². The maximum atomic E-state index is 11.9. The maximum absolute atomic E-state index is 11.9. The lowest BCUT2D eigenvalue weighted by Gasteiger charge is -2.22. The van der Waals surface area contributed by atoms with Crippen LogP contribution in [0.15, 0.2) is 18.2 Å². The van der Waals surface area contributed by atoms with E-state index >= 15 is 0 Å². The third-order valence-corrected chi connectivity index (χ3v) is 4.14. The summed E-state index contributed by atoms with van der Waals surface area (Å²) >= 11 is 6.04. The predicted molar refractivity (Wildman–Crippen MR) is 97.2 cm³/mol. The van der Waals surface area contributed by atoms with Crippen LogP contribution in [0, 0.1) is 0 Å². The molecule has 1 aliphatic carbocycles. The van der Waals surface area contributed by atoms with Crippen LogP contribution in [0.3, 0.4) is 0 Å². The second-order valence-corrected chi connectivity index (χ2v) is 7.62. The number of methoxy groups -OCH3 is 1. The van der Waals surface area contributed by atoms with Crippen molar-refractivity contribution in [1.29, 1.82) is 0 Å². The van der Waals surface area contributed by atoms with E-state index in [9.17, 15) is 9.59 Å².